The maximum absolute atomic E-state index is 12.5. The maximum Gasteiger partial charge on any atom is 0.270 e. The minimum atomic E-state index is -0.225. The molecule has 0 aliphatic heterocycles. The van der Waals surface area contributed by atoms with Gasteiger partial charge in [0, 0.05) is 22.6 Å². The van der Waals surface area contributed by atoms with Gasteiger partial charge in [-0.25, -0.2) is 0 Å². The average molecular weight is 420 g/mol. The number of anilines is 1. The Labute approximate surface area is 183 Å². The van der Waals surface area contributed by atoms with Crippen molar-refractivity contribution >= 4 is 17.5 Å². The number of benzene rings is 2. The van der Waals surface area contributed by atoms with Crippen LogP contribution in [-0.4, -0.2) is 23.1 Å². The number of carbonyl (C=O) groups is 2. The number of hydrogen-bond acceptors (Lipinski definition) is 3. The molecule has 1 aromatic heterocycles. The van der Waals surface area contributed by atoms with Crippen molar-refractivity contribution in [2.75, 3.05) is 17.3 Å². The third-order valence-corrected chi connectivity index (χ3v) is 5.16. The van der Waals surface area contributed by atoms with Gasteiger partial charge in [0.15, 0.2) is 6.61 Å². The van der Waals surface area contributed by atoms with Gasteiger partial charge in [-0.1, -0.05) is 32.0 Å². The van der Waals surface area contributed by atoms with Gasteiger partial charge >= 0.3 is 0 Å². The van der Waals surface area contributed by atoms with Gasteiger partial charge < -0.3 is 10.1 Å². The molecule has 2 amide bonds. The highest BCUT2D eigenvalue weighted by Crippen LogP contribution is 2.27. The van der Waals surface area contributed by atoms with E-state index in [1.807, 2.05) is 51.1 Å². The molecule has 0 spiro atoms. The number of hydrogen-bond donors (Lipinski definition) is 2. The van der Waals surface area contributed by atoms with Crippen LogP contribution in [0.5, 0.6) is 5.75 Å². The number of ether oxygens (including phenoxy) is 1. The number of rotatable bonds is 7. The molecule has 0 saturated heterocycles. The van der Waals surface area contributed by atoms with Crippen molar-refractivity contribution in [3.63, 3.8) is 0 Å². The van der Waals surface area contributed by atoms with E-state index in [-0.39, 0.29) is 18.4 Å². The summed E-state index contributed by atoms with van der Waals surface area (Å²) >= 11 is 0. The van der Waals surface area contributed by atoms with Gasteiger partial charge in [-0.05, 0) is 74.2 Å². The first-order valence-corrected chi connectivity index (χ1v) is 10.3. The SMILES string of the molecule is Cc1cccc(C(C)C)c1NC(=O)COc1ccc(C(=O)Nn2c(C)ccc2C)cc1. The zero-order valence-corrected chi connectivity index (χ0v) is 18.7. The number of aryl methyl sites for hydroxylation is 3. The highest BCUT2D eigenvalue weighted by atomic mass is 16.5. The summed E-state index contributed by atoms with van der Waals surface area (Å²) in [6.45, 7) is 9.91. The van der Waals surface area contributed by atoms with Gasteiger partial charge in [0.05, 0.1) is 0 Å². The highest BCUT2D eigenvalue weighted by molar-refractivity contribution is 6.00. The number of nitrogens with one attached hydrogen (secondary N) is 2. The lowest BCUT2D eigenvalue weighted by Gasteiger charge is -2.16. The smallest absolute Gasteiger partial charge is 0.270 e. The van der Waals surface area contributed by atoms with Crippen molar-refractivity contribution < 1.29 is 14.3 Å². The van der Waals surface area contributed by atoms with Gasteiger partial charge in [0.2, 0.25) is 0 Å². The molecule has 0 aliphatic rings. The number of aromatic nitrogens is 1. The molecular weight excluding hydrogens is 390 g/mol. The van der Waals surface area contributed by atoms with Crippen molar-refractivity contribution in [3.8, 4) is 5.75 Å². The van der Waals surface area contributed by atoms with E-state index in [4.69, 9.17) is 4.74 Å². The van der Waals surface area contributed by atoms with E-state index in [9.17, 15) is 9.59 Å². The third kappa shape index (κ3) is 5.34. The maximum atomic E-state index is 12.5. The summed E-state index contributed by atoms with van der Waals surface area (Å²) < 4.78 is 7.35. The van der Waals surface area contributed by atoms with Gasteiger partial charge in [-0.2, -0.15) is 0 Å². The number of carbonyl (C=O) groups excluding carboxylic acids is 2. The molecule has 0 fully saturated rings. The van der Waals surface area contributed by atoms with E-state index in [2.05, 4.69) is 24.6 Å². The summed E-state index contributed by atoms with van der Waals surface area (Å²) in [5, 5.41) is 2.96. The van der Waals surface area contributed by atoms with Crippen LogP contribution in [0.3, 0.4) is 0 Å². The zero-order valence-electron chi connectivity index (χ0n) is 18.7. The lowest BCUT2D eigenvalue weighted by atomic mass is 9.98. The van der Waals surface area contributed by atoms with Crippen LogP contribution < -0.4 is 15.5 Å². The topological polar surface area (TPSA) is 72.4 Å². The fourth-order valence-corrected chi connectivity index (χ4v) is 3.38. The normalized spacial score (nSPS) is 10.8. The molecule has 0 aliphatic carbocycles. The molecule has 1 heterocycles. The first-order chi connectivity index (χ1) is 14.8. The van der Waals surface area contributed by atoms with E-state index < -0.39 is 0 Å². The minimum Gasteiger partial charge on any atom is -0.484 e. The van der Waals surface area contributed by atoms with Crippen LogP contribution >= 0.6 is 0 Å². The summed E-state index contributed by atoms with van der Waals surface area (Å²) in [6, 6.07) is 16.6. The first kappa shape index (κ1) is 22.2. The Morgan fingerprint density at radius 2 is 1.58 bits per heavy atom. The summed E-state index contributed by atoms with van der Waals surface area (Å²) in [5.41, 5.74) is 8.22. The van der Waals surface area contributed by atoms with Crippen molar-refractivity contribution in [1.29, 1.82) is 0 Å². The van der Waals surface area contributed by atoms with Crippen LogP contribution in [0.2, 0.25) is 0 Å². The van der Waals surface area contributed by atoms with Crippen molar-refractivity contribution in [3.05, 3.63) is 82.7 Å². The molecule has 0 saturated carbocycles. The van der Waals surface area contributed by atoms with Gasteiger partial charge in [0.25, 0.3) is 11.8 Å². The Bertz CT molecular complexity index is 1060. The standard InChI is InChI=1S/C25H29N3O3/c1-16(2)22-8-6-7-17(3)24(22)26-23(29)15-31-21-13-11-20(12-14-21)25(30)27-28-18(4)9-10-19(28)5/h6-14,16H,15H2,1-5H3,(H,26,29)(H,27,30). The number of nitrogens with zero attached hydrogens (tertiary/aromatic N) is 1. The molecule has 2 N–H and O–H groups in total. The third-order valence-electron chi connectivity index (χ3n) is 5.16. The van der Waals surface area contributed by atoms with E-state index >= 15 is 0 Å². The Morgan fingerprint density at radius 1 is 0.935 bits per heavy atom. The largest absolute Gasteiger partial charge is 0.484 e. The van der Waals surface area contributed by atoms with Crippen LogP contribution in [-0.2, 0) is 4.79 Å². The fourth-order valence-electron chi connectivity index (χ4n) is 3.38. The van der Waals surface area contributed by atoms with Crippen LogP contribution in [0.4, 0.5) is 5.69 Å². The lowest BCUT2D eigenvalue weighted by molar-refractivity contribution is -0.118. The van der Waals surface area contributed by atoms with Crippen LogP contribution in [0.15, 0.2) is 54.6 Å². The minimum absolute atomic E-state index is 0.112. The van der Waals surface area contributed by atoms with Gasteiger partial charge in [-0.3, -0.25) is 19.7 Å². The van der Waals surface area contributed by atoms with Crippen molar-refractivity contribution in [2.24, 2.45) is 0 Å². The van der Waals surface area contributed by atoms with Crippen LogP contribution in [0.25, 0.3) is 0 Å². The summed E-state index contributed by atoms with van der Waals surface area (Å²) in [7, 11) is 0. The molecular formula is C25H29N3O3. The average Bonchev–Trinajstić information content (AvgIpc) is 3.06. The van der Waals surface area contributed by atoms with Gasteiger partial charge in [0.1, 0.15) is 5.75 Å². The molecule has 0 radical (unpaired) electrons. The molecule has 162 valence electrons. The predicted octanol–water partition coefficient (Wildman–Crippen LogP) is 4.94. The van der Waals surface area contributed by atoms with Gasteiger partial charge in [-0.15, -0.1) is 0 Å². The lowest BCUT2D eigenvalue weighted by Crippen LogP contribution is -2.24. The predicted molar refractivity (Wildman–Crippen MR) is 123 cm³/mol. The Morgan fingerprint density at radius 3 is 2.19 bits per heavy atom. The quantitative estimate of drug-likeness (QED) is 0.570. The Kier molecular flexibility index (Phi) is 6.80. The summed E-state index contributed by atoms with van der Waals surface area (Å²) in [5.74, 6) is 0.381. The summed E-state index contributed by atoms with van der Waals surface area (Å²) in [4.78, 5) is 24.9. The second-order valence-corrected chi connectivity index (χ2v) is 7.95. The molecule has 31 heavy (non-hydrogen) atoms. The van der Waals surface area contributed by atoms with Crippen LogP contribution in [0.1, 0.15) is 52.6 Å². The molecule has 6 heteroatoms. The van der Waals surface area contributed by atoms with E-state index in [0.717, 1.165) is 28.2 Å². The molecule has 3 rings (SSSR count). The molecule has 0 bridgehead atoms. The second-order valence-electron chi connectivity index (χ2n) is 7.95. The highest BCUT2D eigenvalue weighted by Gasteiger charge is 2.13. The first-order valence-electron chi connectivity index (χ1n) is 10.3. The molecule has 0 atom stereocenters. The molecule has 3 aromatic rings. The zero-order chi connectivity index (χ0) is 22.5. The van der Waals surface area contributed by atoms with E-state index in [0.29, 0.717) is 17.2 Å². The van der Waals surface area contributed by atoms with Crippen LogP contribution in [0, 0.1) is 20.8 Å². The van der Waals surface area contributed by atoms with Crippen molar-refractivity contribution in [1.82, 2.24) is 4.68 Å². The number of para-hydroxylation sites is 1. The molecule has 6 nitrogen and oxygen atoms in total. The van der Waals surface area contributed by atoms with E-state index in [1.54, 1.807) is 28.9 Å². The Hall–Kier alpha value is -3.54. The monoisotopic (exact) mass is 419 g/mol. The Balaban J connectivity index is 1.58. The second kappa shape index (κ2) is 9.51. The van der Waals surface area contributed by atoms with E-state index in [1.165, 1.54) is 0 Å². The number of amides is 2. The fraction of sp³-hybridized carbons (Fsp3) is 0.280. The molecule has 2 aromatic carbocycles. The van der Waals surface area contributed by atoms with Crippen molar-refractivity contribution in [2.45, 2.75) is 40.5 Å². The summed E-state index contributed by atoms with van der Waals surface area (Å²) in [6.07, 6.45) is 0. The molecule has 0 unspecified atom stereocenters.